The molecular weight excluding hydrogens is 645 g/mol. The molecule has 4 aromatic heterocycles. The van der Waals surface area contributed by atoms with Crippen LogP contribution in [0, 0.1) is 0 Å². The van der Waals surface area contributed by atoms with E-state index in [0.29, 0.717) is 0 Å². The highest BCUT2D eigenvalue weighted by Gasteiger charge is 2.26. The van der Waals surface area contributed by atoms with Crippen molar-refractivity contribution in [2.75, 3.05) is 0 Å². The number of nitrogens with zero attached hydrogens (tertiary/aromatic N) is 4. The number of rotatable bonds is 5. The maximum absolute atomic E-state index is 5.41. The van der Waals surface area contributed by atoms with Gasteiger partial charge in [-0.25, -0.2) is 4.98 Å². The minimum Gasteiger partial charge on any atom is -0.307 e. The SMILES string of the molecule is c1ccc(-c2cc(-c3ccccc3)nc(-n3c4ccccc4c4c3ccc3c5c(c6ccccc6n5-c5ccccc5)n(-c5ccccc5)c34)c2)cc1. The van der Waals surface area contributed by atoms with E-state index in [2.05, 4.69) is 208 Å². The monoisotopic (exact) mass is 676 g/mol. The predicted octanol–water partition coefficient (Wildman–Crippen LogP) is 12.6. The summed E-state index contributed by atoms with van der Waals surface area (Å²) < 4.78 is 7.29. The van der Waals surface area contributed by atoms with Crippen molar-refractivity contribution in [2.45, 2.75) is 0 Å². The van der Waals surface area contributed by atoms with Gasteiger partial charge in [-0.05, 0) is 71.8 Å². The van der Waals surface area contributed by atoms with Crippen molar-refractivity contribution < 1.29 is 0 Å². The molecule has 7 aromatic carbocycles. The van der Waals surface area contributed by atoms with Crippen molar-refractivity contribution in [1.82, 2.24) is 18.7 Å². The van der Waals surface area contributed by atoms with E-state index in [1.165, 1.54) is 43.6 Å². The normalized spacial score (nSPS) is 11.8. The molecule has 0 unspecified atom stereocenters. The molecule has 0 spiro atoms. The highest BCUT2D eigenvalue weighted by atomic mass is 15.1. The van der Waals surface area contributed by atoms with E-state index in [4.69, 9.17) is 4.98 Å². The smallest absolute Gasteiger partial charge is 0.138 e. The molecule has 0 atom stereocenters. The lowest BCUT2D eigenvalue weighted by atomic mass is 10.0. The molecule has 11 rings (SSSR count). The van der Waals surface area contributed by atoms with Gasteiger partial charge in [-0.1, -0.05) is 133 Å². The molecule has 248 valence electrons. The van der Waals surface area contributed by atoms with Crippen molar-refractivity contribution >= 4 is 54.6 Å². The minimum absolute atomic E-state index is 0.886. The molecule has 0 saturated heterocycles. The van der Waals surface area contributed by atoms with Gasteiger partial charge >= 0.3 is 0 Å². The molecule has 0 fully saturated rings. The summed E-state index contributed by atoms with van der Waals surface area (Å²) in [6.45, 7) is 0. The van der Waals surface area contributed by atoms with Crippen LogP contribution < -0.4 is 0 Å². The van der Waals surface area contributed by atoms with E-state index >= 15 is 0 Å². The number of benzene rings is 7. The van der Waals surface area contributed by atoms with Crippen molar-refractivity contribution in [1.29, 1.82) is 0 Å². The van der Waals surface area contributed by atoms with Crippen LogP contribution in [0.5, 0.6) is 0 Å². The van der Waals surface area contributed by atoms with Gasteiger partial charge in [-0.15, -0.1) is 0 Å². The molecule has 0 aliphatic rings. The van der Waals surface area contributed by atoms with Crippen LogP contribution in [0.3, 0.4) is 0 Å². The molecule has 0 amide bonds. The third-order valence-corrected chi connectivity index (χ3v) is 10.6. The number of hydrogen-bond donors (Lipinski definition) is 0. The van der Waals surface area contributed by atoms with Crippen LogP contribution in [0.4, 0.5) is 0 Å². The molecule has 11 aromatic rings. The van der Waals surface area contributed by atoms with E-state index < -0.39 is 0 Å². The Balaban J connectivity index is 1.32. The Hall–Kier alpha value is -7.17. The van der Waals surface area contributed by atoms with Crippen molar-refractivity contribution in [2.24, 2.45) is 0 Å². The number of para-hydroxylation sites is 4. The average Bonchev–Trinajstić information content (AvgIpc) is 3.87. The van der Waals surface area contributed by atoms with Gasteiger partial charge in [0, 0.05) is 38.5 Å². The van der Waals surface area contributed by atoms with Crippen LogP contribution in [0.1, 0.15) is 0 Å². The van der Waals surface area contributed by atoms with Crippen molar-refractivity contribution in [3.63, 3.8) is 0 Å². The first-order valence-electron chi connectivity index (χ1n) is 18.1. The molecule has 0 aliphatic heterocycles. The molecule has 0 saturated carbocycles. The minimum atomic E-state index is 0.886. The van der Waals surface area contributed by atoms with E-state index in [-0.39, 0.29) is 0 Å². The largest absolute Gasteiger partial charge is 0.307 e. The molecule has 0 bridgehead atoms. The van der Waals surface area contributed by atoms with Gasteiger partial charge in [0.15, 0.2) is 0 Å². The fourth-order valence-electron chi connectivity index (χ4n) is 8.39. The zero-order valence-electron chi connectivity index (χ0n) is 28.8. The second-order valence-electron chi connectivity index (χ2n) is 13.6. The molecule has 53 heavy (non-hydrogen) atoms. The van der Waals surface area contributed by atoms with Gasteiger partial charge in [0.2, 0.25) is 0 Å². The lowest BCUT2D eigenvalue weighted by Gasteiger charge is -2.13. The Kier molecular flexibility index (Phi) is 6.52. The second-order valence-corrected chi connectivity index (χ2v) is 13.6. The Morgan fingerprint density at radius 3 is 1.53 bits per heavy atom. The van der Waals surface area contributed by atoms with Gasteiger partial charge in [0.1, 0.15) is 5.82 Å². The fourth-order valence-corrected chi connectivity index (χ4v) is 8.39. The summed E-state index contributed by atoms with van der Waals surface area (Å²) in [4.78, 5) is 5.41. The highest BCUT2D eigenvalue weighted by Crippen LogP contribution is 2.46. The fraction of sp³-hybridized carbons (Fsp3) is 0. The van der Waals surface area contributed by atoms with Crippen LogP contribution in [0.2, 0.25) is 0 Å². The first-order chi connectivity index (χ1) is 26.3. The summed E-state index contributed by atoms with van der Waals surface area (Å²) in [6.07, 6.45) is 0. The van der Waals surface area contributed by atoms with Crippen LogP contribution in [-0.2, 0) is 0 Å². The van der Waals surface area contributed by atoms with Crippen molar-refractivity contribution in [3.8, 4) is 39.6 Å². The van der Waals surface area contributed by atoms with Crippen molar-refractivity contribution in [3.05, 3.63) is 194 Å². The number of fused-ring (bicyclic) bond motifs is 9. The van der Waals surface area contributed by atoms with E-state index in [1.807, 2.05) is 0 Å². The molecule has 0 N–H and O–H groups in total. The second kappa shape index (κ2) is 11.7. The maximum Gasteiger partial charge on any atom is 0.138 e. The van der Waals surface area contributed by atoms with Crippen LogP contribution >= 0.6 is 0 Å². The standard InChI is InChI=1S/C49H32N4/c1-5-17-33(18-6-1)35-31-41(34-19-7-2-8-20-34)50-45(32-35)53-42-27-15-13-25-38(42)46-44(53)30-29-40-47(46)52(37-23-11-4-12-24-37)48-39-26-14-16-28-43(39)51(49(40)48)36-21-9-3-10-22-36/h1-32H. The number of hydrogen-bond acceptors (Lipinski definition) is 1. The van der Waals surface area contributed by atoms with E-state index in [9.17, 15) is 0 Å². The Bertz CT molecular complexity index is 3080. The van der Waals surface area contributed by atoms with Crippen LogP contribution in [-0.4, -0.2) is 18.7 Å². The van der Waals surface area contributed by atoms with Gasteiger partial charge in [-0.2, -0.15) is 0 Å². The number of aromatic nitrogens is 4. The summed E-state index contributed by atoms with van der Waals surface area (Å²) in [5.74, 6) is 0.886. The third-order valence-electron chi connectivity index (χ3n) is 10.6. The summed E-state index contributed by atoms with van der Waals surface area (Å²) in [7, 11) is 0. The quantitative estimate of drug-likeness (QED) is 0.178. The molecule has 0 aliphatic carbocycles. The Morgan fingerprint density at radius 1 is 0.321 bits per heavy atom. The lowest BCUT2D eigenvalue weighted by molar-refractivity contribution is 1.08. The number of pyridine rings is 1. The summed E-state index contributed by atoms with van der Waals surface area (Å²) in [6, 6.07) is 69.3. The molecule has 4 heterocycles. The molecule has 4 heteroatoms. The Labute approximate surface area is 306 Å². The summed E-state index contributed by atoms with van der Waals surface area (Å²) in [5.41, 5.74) is 13.6. The maximum atomic E-state index is 5.41. The first-order valence-corrected chi connectivity index (χ1v) is 18.1. The topological polar surface area (TPSA) is 27.7 Å². The van der Waals surface area contributed by atoms with Gasteiger partial charge < -0.3 is 9.13 Å². The molecular formula is C49H32N4. The van der Waals surface area contributed by atoms with Gasteiger partial charge in [-0.3, -0.25) is 4.57 Å². The highest BCUT2D eigenvalue weighted by molar-refractivity contribution is 6.29. The Morgan fingerprint density at radius 2 is 0.849 bits per heavy atom. The first kappa shape index (κ1) is 29.5. The molecule has 4 nitrogen and oxygen atoms in total. The predicted molar refractivity (Wildman–Crippen MR) is 221 cm³/mol. The van der Waals surface area contributed by atoms with Gasteiger partial charge in [0.05, 0.1) is 38.8 Å². The van der Waals surface area contributed by atoms with Crippen LogP contribution in [0.25, 0.3) is 94.2 Å². The van der Waals surface area contributed by atoms with Gasteiger partial charge in [0.25, 0.3) is 0 Å². The zero-order chi connectivity index (χ0) is 34.9. The summed E-state index contributed by atoms with van der Waals surface area (Å²) >= 11 is 0. The average molecular weight is 677 g/mol. The van der Waals surface area contributed by atoms with Crippen LogP contribution in [0.15, 0.2) is 194 Å². The molecule has 0 radical (unpaired) electrons. The van der Waals surface area contributed by atoms with E-state index in [0.717, 1.165) is 50.6 Å². The zero-order valence-corrected chi connectivity index (χ0v) is 28.8. The summed E-state index contributed by atoms with van der Waals surface area (Å²) in [5, 5.41) is 4.81. The lowest BCUT2D eigenvalue weighted by Crippen LogP contribution is -2.00. The third kappa shape index (κ3) is 4.46. The van der Waals surface area contributed by atoms with E-state index in [1.54, 1.807) is 0 Å².